The van der Waals surface area contributed by atoms with E-state index in [-0.39, 0.29) is 11.9 Å². The second kappa shape index (κ2) is 6.93. The zero-order valence-corrected chi connectivity index (χ0v) is 15.8. The summed E-state index contributed by atoms with van der Waals surface area (Å²) in [7, 11) is 3.43. The van der Waals surface area contributed by atoms with Gasteiger partial charge in [0.1, 0.15) is 4.83 Å². The summed E-state index contributed by atoms with van der Waals surface area (Å²) < 4.78 is 10.5. The predicted octanol–water partition coefficient (Wildman–Crippen LogP) is 3.68. The highest BCUT2D eigenvalue weighted by Crippen LogP contribution is 2.33. The highest BCUT2D eigenvalue weighted by atomic mass is 32.1. The van der Waals surface area contributed by atoms with Crippen molar-refractivity contribution in [3.63, 3.8) is 0 Å². The molecule has 1 atom stereocenters. The third-order valence-electron chi connectivity index (χ3n) is 4.30. The number of nitrogens with zero attached hydrogens (tertiary/aromatic N) is 3. The number of aryl methyl sites for hydroxylation is 2. The van der Waals surface area contributed by atoms with Crippen molar-refractivity contribution in [3.05, 3.63) is 34.5 Å². The predicted molar refractivity (Wildman–Crippen MR) is 98.0 cm³/mol. The first-order valence-corrected chi connectivity index (χ1v) is 8.83. The van der Waals surface area contributed by atoms with E-state index in [2.05, 4.69) is 9.97 Å². The Morgan fingerprint density at radius 3 is 2.80 bits per heavy atom. The quantitative estimate of drug-likeness (QED) is 0.695. The van der Waals surface area contributed by atoms with Gasteiger partial charge < -0.3 is 14.1 Å². The van der Waals surface area contributed by atoms with Crippen LogP contribution in [0.5, 0.6) is 0 Å². The number of aromatic nitrogens is 2. The van der Waals surface area contributed by atoms with Crippen molar-refractivity contribution in [2.75, 3.05) is 20.8 Å². The summed E-state index contributed by atoms with van der Waals surface area (Å²) in [6.07, 6.45) is 1.60. The molecule has 0 bridgehead atoms. The van der Waals surface area contributed by atoms with Gasteiger partial charge in [-0.2, -0.15) is 0 Å². The fourth-order valence-corrected chi connectivity index (χ4v) is 3.99. The zero-order valence-electron chi connectivity index (χ0n) is 15.0. The minimum absolute atomic E-state index is 0.00651. The summed E-state index contributed by atoms with van der Waals surface area (Å²) in [6.45, 7) is 6.34. The molecule has 0 N–H and O–H groups in total. The SMILES string of the molecule is COCC(C)N(C)C(=O)c1sc2nc(-c3ccco3)nc(C)c2c1C. The maximum absolute atomic E-state index is 12.9. The Morgan fingerprint density at radius 1 is 1.40 bits per heavy atom. The standard InChI is InChI=1S/C18H21N3O3S/c1-10(9-23-5)21(4)18(22)15-11(2)14-12(3)19-16(20-17(14)25-15)13-7-6-8-24-13/h6-8,10H,9H2,1-5H3. The number of hydrogen-bond acceptors (Lipinski definition) is 6. The van der Waals surface area contributed by atoms with Crippen LogP contribution in [-0.2, 0) is 4.74 Å². The molecule has 1 amide bonds. The van der Waals surface area contributed by atoms with E-state index in [1.54, 1.807) is 31.4 Å². The van der Waals surface area contributed by atoms with Gasteiger partial charge in [0.2, 0.25) is 0 Å². The van der Waals surface area contributed by atoms with Crippen LogP contribution in [0.2, 0.25) is 0 Å². The van der Waals surface area contributed by atoms with E-state index in [0.717, 1.165) is 21.5 Å². The fraction of sp³-hybridized carbons (Fsp3) is 0.389. The molecular weight excluding hydrogens is 338 g/mol. The van der Waals surface area contributed by atoms with Crippen molar-refractivity contribution in [2.24, 2.45) is 0 Å². The van der Waals surface area contributed by atoms with Gasteiger partial charge in [-0.3, -0.25) is 4.79 Å². The van der Waals surface area contributed by atoms with E-state index in [1.807, 2.05) is 26.8 Å². The Morgan fingerprint density at radius 2 is 2.16 bits per heavy atom. The van der Waals surface area contributed by atoms with Gasteiger partial charge in [0, 0.05) is 19.5 Å². The van der Waals surface area contributed by atoms with E-state index in [1.165, 1.54) is 11.3 Å². The third-order valence-corrected chi connectivity index (χ3v) is 5.47. The Labute approximate surface area is 150 Å². The number of carbonyl (C=O) groups is 1. The van der Waals surface area contributed by atoms with Crippen LogP contribution < -0.4 is 0 Å². The minimum atomic E-state index is -0.0241. The lowest BCUT2D eigenvalue weighted by atomic mass is 10.1. The zero-order chi connectivity index (χ0) is 18.1. The smallest absolute Gasteiger partial charge is 0.264 e. The highest BCUT2D eigenvalue weighted by Gasteiger charge is 2.24. The van der Waals surface area contributed by atoms with Crippen LogP contribution in [0.25, 0.3) is 21.8 Å². The summed E-state index contributed by atoms with van der Waals surface area (Å²) in [5, 5.41) is 0.941. The summed E-state index contributed by atoms with van der Waals surface area (Å²) in [4.78, 5) is 25.2. The van der Waals surface area contributed by atoms with Crippen LogP contribution in [0.4, 0.5) is 0 Å². The second-order valence-electron chi connectivity index (χ2n) is 6.07. The molecule has 0 aromatic carbocycles. The van der Waals surface area contributed by atoms with E-state index in [9.17, 15) is 4.79 Å². The van der Waals surface area contributed by atoms with Crippen molar-refractivity contribution in [1.82, 2.24) is 14.9 Å². The van der Waals surface area contributed by atoms with Gasteiger partial charge >= 0.3 is 0 Å². The number of likely N-dealkylation sites (N-methyl/N-ethyl adjacent to an activating group) is 1. The van der Waals surface area contributed by atoms with Gasteiger partial charge in [-0.25, -0.2) is 9.97 Å². The van der Waals surface area contributed by atoms with Crippen molar-refractivity contribution >= 4 is 27.5 Å². The molecule has 1 unspecified atom stereocenters. The number of rotatable bonds is 5. The van der Waals surface area contributed by atoms with Crippen LogP contribution in [0.3, 0.4) is 0 Å². The first-order chi connectivity index (χ1) is 11.9. The van der Waals surface area contributed by atoms with Crippen LogP contribution >= 0.6 is 11.3 Å². The molecule has 7 heteroatoms. The average Bonchev–Trinajstić information content (AvgIpc) is 3.22. The number of thiophene rings is 1. The van der Waals surface area contributed by atoms with Crippen molar-refractivity contribution in [2.45, 2.75) is 26.8 Å². The third kappa shape index (κ3) is 3.17. The van der Waals surface area contributed by atoms with Crippen molar-refractivity contribution < 1.29 is 13.9 Å². The molecule has 0 aliphatic carbocycles. The number of fused-ring (bicyclic) bond motifs is 1. The topological polar surface area (TPSA) is 68.5 Å². The van der Waals surface area contributed by atoms with E-state index < -0.39 is 0 Å². The van der Waals surface area contributed by atoms with Gasteiger partial charge in [0.25, 0.3) is 5.91 Å². The fourth-order valence-electron chi connectivity index (χ4n) is 2.77. The Kier molecular flexibility index (Phi) is 4.87. The summed E-state index contributed by atoms with van der Waals surface area (Å²) >= 11 is 1.40. The van der Waals surface area contributed by atoms with Gasteiger partial charge in [0.05, 0.1) is 29.5 Å². The Hall–Kier alpha value is -2.25. The Balaban J connectivity index is 2.04. The number of methoxy groups -OCH3 is 1. The molecule has 0 saturated heterocycles. The normalized spacial score (nSPS) is 12.5. The average molecular weight is 359 g/mol. The van der Waals surface area contributed by atoms with Crippen molar-refractivity contribution in [3.8, 4) is 11.6 Å². The lowest BCUT2D eigenvalue weighted by Gasteiger charge is -2.24. The molecule has 0 aliphatic rings. The molecule has 3 heterocycles. The number of carbonyl (C=O) groups excluding carboxylic acids is 1. The lowest BCUT2D eigenvalue weighted by Crippen LogP contribution is -2.37. The Bertz CT molecular complexity index is 902. The second-order valence-corrected chi connectivity index (χ2v) is 7.07. The van der Waals surface area contributed by atoms with E-state index in [0.29, 0.717) is 23.1 Å². The number of ether oxygens (including phenoxy) is 1. The minimum Gasteiger partial charge on any atom is -0.461 e. The van der Waals surface area contributed by atoms with Gasteiger partial charge in [-0.15, -0.1) is 11.3 Å². The molecule has 6 nitrogen and oxygen atoms in total. The number of amides is 1. The van der Waals surface area contributed by atoms with Gasteiger partial charge in [-0.1, -0.05) is 0 Å². The van der Waals surface area contributed by atoms with Crippen LogP contribution in [0, 0.1) is 13.8 Å². The highest BCUT2D eigenvalue weighted by molar-refractivity contribution is 7.20. The van der Waals surface area contributed by atoms with Gasteiger partial charge in [-0.05, 0) is 38.5 Å². The maximum Gasteiger partial charge on any atom is 0.264 e. The van der Waals surface area contributed by atoms with Gasteiger partial charge in [0.15, 0.2) is 11.6 Å². The monoisotopic (exact) mass is 359 g/mol. The number of furan rings is 1. The summed E-state index contributed by atoms with van der Waals surface area (Å²) in [5.74, 6) is 1.13. The van der Waals surface area contributed by atoms with E-state index >= 15 is 0 Å². The largest absolute Gasteiger partial charge is 0.461 e. The first-order valence-electron chi connectivity index (χ1n) is 8.01. The van der Waals surface area contributed by atoms with Crippen molar-refractivity contribution in [1.29, 1.82) is 0 Å². The van der Waals surface area contributed by atoms with Crippen LogP contribution in [-0.4, -0.2) is 47.6 Å². The van der Waals surface area contributed by atoms with E-state index in [4.69, 9.17) is 9.15 Å². The molecule has 25 heavy (non-hydrogen) atoms. The van der Waals surface area contributed by atoms with Crippen LogP contribution in [0.15, 0.2) is 22.8 Å². The number of hydrogen-bond donors (Lipinski definition) is 0. The van der Waals surface area contributed by atoms with Crippen LogP contribution in [0.1, 0.15) is 27.9 Å². The molecule has 0 spiro atoms. The molecule has 3 rings (SSSR count). The maximum atomic E-state index is 12.9. The molecule has 0 aliphatic heterocycles. The molecule has 3 aromatic rings. The first kappa shape index (κ1) is 17.6. The summed E-state index contributed by atoms with van der Waals surface area (Å²) in [6, 6.07) is 3.62. The molecule has 0 fully saturated rings. The summed E-state index contributed by atoms with van der Waals surface area (Å²) in [5.41, 5.74) is 1.77. The molecule has 3 aromatic heterocycles. The lowest BCUT2D eigenvalue weighted by molar-refractivity contribution is 0.0637. The molecular formula is C18H21N3O3S. The molecule has 0 radical (unpaired) electrons. The molecule has 0 saturated carbocycles. The molecule has 132 valence electrons.